The van der Waals surface area contributed by atoms with Crippen LogP contribution in [-0.4, -0.2) is 6.54 Å². The van der Waals surface area contributed by atoms with Crippen molar-refractivity contribution in [3.05, 3.63) is 34.4 Å². The predicted octanol–water partition coefficient (Wildman–Crippen LogP) is 3.15. The predicted molar refractivity (Wildman–Crippen MR) is 57.9 cm³/mol. The Morgan fingerprint density at radius 1 is 1.27 bits per heavy atom. The van der Waals surface area contributed by atoms with Crippen molar-refractivity contribution in [3.8, 4) is 0 Å². The zero-order chi connectivity index (χ0) is 11.6. The molecule has 0 spiro atoms. The van der Waals surface area contributed by atoms with Gasteiger partial charge < -0.3 is 5.73 Å². The fourth-order valence-electron chi connectivity index (χ4n) is 1.28. The normalized spacial score (nSPS) is 11.9. The van der Waals surface area contributed by atoms with Gasteiger partial charge in [0.2, 0.25) is 0 Å². The van der Waals surface area contributed by atoms with Crippen LogP contribution in [0.4, 0.5) is 8.78 Å². The molecular weight excluding hydrogens is 220 g/mol. The molecule has 0 aromatic heterocycles. The third kappa shape index (κ3) is 2.89. The monoisotopic (exact) mass is 233 g/mol. The lowest BCUT2D eigenvalue weighted by Crippen LogP contribution is -2.26. The maximum absolute atomic E-state index is 13.4. The smallest absolute Gasteiger partial charge is 0.142 e. The van der Waals surface area contributed by atoms with E-state index in [9.17, 15) is 8.78 Å². The lowest BCUT2D eigenvalue weighted by molar-refractivity contribution is 0.369. The summed E-state index contributed by atoms with van der Waals surface area (Å²) in [6.45, 7) is 4.15. The first-order chi connectivity index (χ1) is 6.87. The van der Waals surface area contributed by atoms with Gasteiger partial charge in [-0.1, -0.05) is 25.4 Å². The highest BCUT2D eigenvalue weighted by atomic mass is 35.5. The van der Waals surface area contributed by atoms with E-state index in [4.69, 9.17) is 17.3 Å². The first-order valence-electron chi connectivity index (χ1n) is 4.70. The summed E-state index contributed by atoms with van der Waals surface area (Å²) in [6, 6.07) is 2.11. The first kappa shape index (κ1) is 12.4. The standard InChI is InChI=1S/C11H14ClF2N/c1-11(2,6-15)5-7-8(13)3-4-9(14)10(7)12/h3-4H,5-6,15H2,1-2H3. The van der Waals surface area contributed by atoms with Crippen molar-refractivity contribution >= 4 is 11.6 Å². The second-order valence-electron chi connectivity index (χ2n) is 4.37. The van der Waals surface area contributed by atoms with Crippen molar-refractivity contribution < 1.29 is 8.78 Å². The molecule has 0 heterocycles. The minimum absolute atomic E-state index is 0.142. The van der Waals surface area contributed by atoms with E-state index in [1.807, 2.05) is 13.8 Å². The van der Waals surface area contributed by atoms with Crippen LogP contribution in [0.25, 0.3) is 0 Å². The molecule has 0 unspecified atom stereocenters. The average molecular weight is 234 g/mol. The molecule has 0 saturated carbocycles. The van der Waals surface area contributed by atoms with Crippen LogP contribution in [0.15, 0.2) is 12.1 Å². The Kier molecular flexibility index (Phi) is 3.68. The Hall–Kier alpha value is -0.670. The van der Waals surface area contributed by atoms with Crippen LogP contribution < -0.4 is 5.73 Å². The summed E-state index contributed by atoms with van der Waals surface area (Å²) >= 11 is 5.71. The van der Waals surface area contributed by atoms with Crippen molar-refractivity contribution in [2.75, 3.05) is 6.54 Å². The van der Waals surface area contributed by atoms with Crippen molar-refractivity contribution in [2.45, 2.75) is 20.3 Å². The van der Waals surface area contributed by atoms with Crippen LogP contribution in [0, 0.1) is 17.0 Å². The average Bonchev–Trinajstić information content (AvgIpc) is 2.19. The summed E-state index contributed by atoms with van der Waals surface area (Å²) < 4.78 is 26.5. The van der Waals surface area contributed by atoms with E-state index in [0.717, 1.165) is 12.1 Å². The van der Waals surface area contributed by atoms with Crippen molar-refractivity contribution in [1.82, 2.24) is 0 Å². The molecule has 1 aromatic carbocycles. The third-order valence-electron chi connectivity index (χ3n) is 2.35. The maximum atomic E-state index is 13.4. The quantitative estimate of drug-likeness (QED) is 0.798. The van der Waals surface area contributed by atoms with Crippen LogP contribution in [0.3, 0.4) is 0 Å². The zero-order valence-electron chi connectivity index (χ0n) is 8.78. The highest BCUT2D eigenvalue weighted by Crippen LogP contribution is 2.29. The number of rotatable bonds is 3. The van der Waals surface area contributed by atoms with Crippen LogP contribution in [0.2, 0.25) is 5.02 Å². The SMILES string of the molecule is CC(C)(CN)Cc1c(F)ccc(F)c1Cl. The molecular formula is C11H14ClF2N. The van der Waals surface area contributed by atoms with Crippen LogP contribution in [0.5, 0.6) is 0 Å². The van der Waals surface area contributed by atoms with E-state index in [2.05, 4.69) is 0 Å². The summed E-state index contributed by atoms with van der Waals surface area (Å²) in [5.41, 5.74) is 5.44. The van der Waals surface area contributed by atoms with Crippen LogP contribution in [0.1, 0.15) is 19.4 Å². The van der Waals surface area contributed by atoms with Crippen molar-refractivity contribution in [3.63, 3.8) is 0 Å². The molecule has 1 nitrogen and oxygen atoms in total. The Morgan fingerprint density at radius 3 is 2.33 bits per heavy atom. The summed E-state index contributed by atoms with van der Waals surface area (Å²) in [5, 5.41) is -0.142. The summed E-state index contributed by atoms with van der Waals surface area (Å²) in [5.74, 6) is -1.08. The van der Waals surface area contributed by atoms with Gasteiger partial charge in [-0.2, -0.15) is 0 Å². The summed E-state index contributed by atoms with van der Waals surface area (Å²) in [4.78, 5) is 0. The van der Waals surface area contributed by atoms with Gasteiger partial charge in [-0.25, -0.2) is 8.78 Å². The summed E-state index contributed by atoms with van der Waals surface area (Å²) in [6.07, 6.45) is 0.325. The van der Waals surface area contributed by atoms with Gasteiger partial charge in [-0.3, -0.25) is 0 Å². The van der Waals surface area contributed by atoms with Gasteiger partial charge in [0.05, 0.1) is 5.02 Å². The minimum atomic E-state index is -0.596. The van der Waals surface area contributed by atoms with Crippen LogP contribution in [-0.2, 0) is 6.42 Å². The second-order valence-corrected chi connectivity index (χ2v) is 4.74. The Morgan fingerprint density at radius 2 is 1.80 bits per heavy atom. The molecule has 0 aliphatic heterocycles. The molecule has 1 rings (SSSR count). The van der Waals surface area contributed by atoms with E-state index >= 15 is 0 Å². The molecule has 0 radical (unpaired) electrons. The fraction of sp³-hybridized carbons (Fsp3) is 0.455. The first-order valence-corrected chi connectivity index (χ1v) is 5.07. The molecule has 0 aliphatic carbocycles. The molecule has 0 atom stereocenters. The lowest BCUT2D eigenvalue weighted by atomic mass is 9.86. The van der Waals surface area contributed by atoms with Gasteiger partial charge in [0, 0.05) is 5.56 Å². The van der Waals surface area contributed by atoms with Gasteiger partial charge >= 0.3 is 0 Å². The molecule has 0 amide bonds. The van der Waals surface area contributed by atoms with E-state index in [1.165, 1.54) is 0 Å². The summed E-state index contributed by atoms with van der Waals surface area (Å²) in [7, 11) is 0. The number of nitrogens with two attached hydrogens (primary N) is 1. The van der Waals surface area contributed by atoms with Gasteiger partial charge in [0.15, 0.2) is 0 Å². The molecule has 15 heavy (non-hydrogen) atoms. The maximum Gasteiger partial charge on any atom is 0.142 e. The highest BCUT2D eigenvalue weighted by molar-refractivity contribution is 6.31. The molecule has 2 N–H and O–H groups in total. The Labute approximate surface area is 93.2 Å². The number of benzene rings is 1. The largest absolute Gasteiger partial charge is 0.330 e. The van der Waals surface area contributed by atoms with Crippen molar-refractivity contribution in [2.24, 2.45) is 11.1 Å². The molecule has 4 heteroatoms. The third-order valence-corrected chi connectivity index (χ3v) is 2.76. The molecule has 84 valence electrons. The zero-order valence-corrected chi connectivity index (χ0v) is 9.54. The van der Waals surface area contributed by atoms with E-state index in [0.29, 0.717) is 13.0 Å². The minimum Gasteiger partial charge on any atom is -0.330 e. The number of halogens is 3. The molecule has 0 bridgehead atoms. The fourth-order valence-corrected chi connectivity index (χ4v) is 1.50. The highest BCUT2D eigenvalue weighted by Gasteiger charge is 2.21. The lowest BCUT2D eigenvalue weighted by Gasteiger charge is -2.23. The van der Waals surface area contributed by atoms with Gasteiger partial charge in [-0.05, 0) is 30.5 Å². The van der Waals surface area contributed by atoms with Crippen molar-refractivity contribution in [1.29, 1.82) is 0 Å². The Bertz CT molecular complexity index is 364. The topological polar surface area (TPSA) is 26.0 Å². The molecule has 0 fully saturated rings. The number of hydrogen-bond donors (Lipinski definition) is 1. The molecule has 0 aliphatic rings. The van der Waals surface area contributed by atoms with E-state index < -0.39 is 11.6 Å². The van der Waals surface area contributed by atoms with Gasteiger partial charge in [0.25, 0.3) is 0 Å². The Balaban J connectivity index is 3.09. The molecule has 1 aromatic rings. The number of hydrogen-bond acceptors (Lipinski definition) is 1. The van der Waals surface area contributed by atoms with Crippen LogP contribution >= 0.6 is 11.6 Å². The van der Waals surface area contributed by atoms with Gasteiger partial charge in [0.1, 0.15) is 11.6 Å². The van der Waals surface area contributed by atoms with E-state index in [-0.39, 0.29) is 16.0 Å². The molecule has 0 saturated heterocycles. The van der Waals surface area contributed by atoms with Gasteiger partial charge in [-0.15, -0.1) is 0 Å². The second kappa shape index (κ2) is 4.45. The van der Waals surface area contributed by atoms with E-state index in [1.54, 1.807) is 0 Å².